The third-order valence-electron chi connectivity index (χ3n) is 3.88. The first kappa shape index (κ1) is 16.8. The molecule has 0 aliphatic carbocycles. The third-order valence-corrected chi connectivity index (χ3v) is 3.88. The van der Waals surface area contributed by atoms with Crippen molar-refractivity contribution in [3.05, 3.63) is 54.2 Å². The van der Waals surface area contributed by atoms with E-state index in [2.05, 4.69) is 25.7 Å². The fourth-order valence-electron chi connectivity index (χ4n) is 2.52. The molecule has 0 aliphatic heterocycles. The van der Waals surface area contributed by atoms with Crippen molar-refractivity contribution >= 4 is 5.91 Å². The number of hydrogen-bond donors (Lipinski definition) is 2. The maximum atomic E-state index is 12.5. The van der Waals surface area contributed by atoms with Crippen LogP contribution in [0.5, 0.6) is 0 Å². The largest absolute Gasteiger partial charge is 0.383 e. The van der Waals surface area contributed by atoms with Crippen molar-refractivity contribution in [2.75, 3.05) is 13.7 Å². The van der Waals surface area contributed by atoms with Gasteiger partial charge in [0, 0.05) is 25.4 Å². The van der Waals surface area contributed by atoms with Crippen LogP contribution >= 0.6 is 0 Å². The van der Waals surface area contributed by atoms with Crippen LogP contribution in [0.1, 0.15) is 29.1 Å². The number of methoxy groups -OCH3 is 1. The molecule has 0 radical (unpaired) electrons. The standard InChI is InChI=1S/C17H20N6O2/c1-12(16-22-19-11-23(16)9-10-25-2)20-17(24)14-5-3-13(4-6-14)15-7-8-18-21-15/h3-8,11-12H,9-10H2,1-2H3,(H,18,21)(H,20,24)/t12-/m0/s1. The summed E-state index contributed by atoms with van der Waals surface area (Å²) in [5, 5.41) is 17.8. The minimum atomic E-state index is -0.265. The molecule has 0 fully saturated rings. The third kappa shape index (κ3) is 3.92. The number of amides is 1. The predicted molar refractivity (Wildman–Crippen MR) is 91.8 cm³/mol. The summed E-state index contributed by atoms with van der Waals surface area (Å²) in [6.45, 7) is 3.07. The Hall–Kier alpha value is -3.00. The summed E-state index contributed by atoms with van der Waals surface area (Å²) in [7, 11) is 1.64. The molecule has 3 aromatic rings. The fourth-order valence-corrected chi connectivity index (χ4v) is 2.52. The Balaban J connectivity index is 1.66. The van der Waals surface area contributed by atoms with Gasteiger partial charge in [-0.05, 0) is 30.7 Å². The van der Waals surface area contributed by atoms with Crippen molar-refractivity contribution in [2.45, 2.75) is 19.5 Å². The Morgan fingerprint density at radius 1 is 1.32 bits per heavy atom. The zero-order valence-electron chi connectivity index (χ0n) is 14.1. The van der Waals surface area contributed by atoms with E-state index in [1.807, 2.05) is 29.7 Å². The van der Waals surface area contributed by atoms with Crippen LogP contribution in [0.25, 0.3) is 11.3 Å². The number of carbonyl (C=O) groups excluding carboxylic acids is 1. The highest BCUT2D eigenvalue weighted by atomic mass is 16.5. The topological polar surface area (TPSA) is 97.7 Å². The number of hydrogen-bond acceptors (Lipinski definition) is 5. The molecule has 8 nitrogen and oxygen atoms in total. The maximum absolute atomic E-state index is 12.5. The van der Waals surface area contributed by atoms with Gasteiger partial charge in [0.15, 0.2) is 5.82 Å². The van der Waals surface area contributed by atoms with Crippen LogP contribution in [0.3, 0.4) is 0 Å². The Bertz CT molecular complexity index is 810. The summed E-state index contributed by atoms with van der Waals surface area (Å²) < 4.78 is 6.94. The van der Waals surface area contributed by atoms with Gasteiger partial charge < -0.3 is 14.6 Å². The van der Waals surface area contributed by atoms with Crippen molar-refractivity contribution in [1.29, 1.82) is 0 Å². The summed E-state index contributed by atoms with van der Waals surface area (Å²) in [5.41, 5.74) is 2.46. The SMILES string of the molecule is COCCn1cnnc1[C@H](C)NC(=O)c1ccc(-c2ccn[nH]2)cc1. The quantitative estimate of drug-likeness (QED) is 0.683. The van der Waals surface area contributed by atoms with Crippen LogP contribution < -0.4 is 5.32 Å². The van der Waals surface area contributed by atoms with Crippen molar-refractivity contribution in [2.24, 2.45) is 0 Å². The van der Waals surface area contributed by atoms with E-state index in [9.17, 15) is 4.79 Å². The number of benzene rings is 1. The molecule has 1 aromatic carbocycles. The number of aromatic nitrogens is 5. The number of nitrogens with one attached hydrogen (secondary N) is 2. The first-order valence-corrected chi connectivity index (χ1v) is 7.96. The molecule has 0 spiro atoms. The maximum Gasteiger partial charge on any atom is 0.251 e. The van der Waals surface area contributed by atoms with Crippen LogP contribution in [-0.4, -0.2) is 44.6 Å². The minimum absolute atomic E-state index is 0.162. The summed E-state index contributed by atoms with van der Waals surface area (Å²) in [5.74, 6) is 0.532. The molecular formula is C17H20N6O2. The van der Waals surface area contributed by atoms with E-state index >= 15 is 0 Å². The summed E-state index contributed by atoms with van der Waals surface area (Å²) in [6.07, 6.45) is 3.33. The summed E-state index contributed by atoms with van der Waals surface area (Å²) in [4.78, 5) is 12.5. The predicted octanol–water partition coefficient (Wildman–Crippen LogP) is 1.81. The molecule has 0 saturated heterocycles. The number of aromatic amines is 1. The molecule has 0 bridgehead atoms. The number of nitrogens with zero attached hydrogens (tertiary/aromatic N) is 4. The highest BCUT2D eigenvalue weighted by molar-refractivity contribution is 5.94. The van der Waals surface area contributed by atoms with Gasteiger partial charge in [-0.15, -0.1) is 10.2 Å². The Labute approximate surface area is 145 Å². The molecular weight excluding hydrogens is 320 g/mol. The van der Waals surface area contributed by atoms with E-state index in [-0.39, 0.29) is 11.9 Å². The average molecular weight is 340 g/mol. The van der Waals surface area contributed by atoms with Gasteiger partial charge >= 0.3 is 0 Å². The van der Waals surface area contributed by atoms with E-state index in [4.69, 9.17) is 4.74 Å². The fraction of sp³-hybridized carbons (Fsp3) is 0.294. The first-order chi connectivity index (χ1) is 12.2. The number of rotatable bonds is 7. The van der Waals surface area contributed by atoms with Crippen molar-refractivity contribution in [3.63, 3.8) is 0 Å². The number of ether oxygens (including phenoxy) is 1. The summed E-state index contributed by atoms with van der Waals surface area (Å²) >= 11 is 0. The summed E-state index contributed by atoms with van der Waals surface area (Å²) in [6, 6.07) is 8.95. The molecule has 130 valence electrons. The van der Waals surface area contributed by atoms with E-state index in [0.29, 0.717) is 24.5 Å². The monoisotopic (exact) mass is 340 g/mol. The smallest absolute Gasteiger partial charge is 0.251 e. The molecule has 0 aliphatic rings. The van der Waals surface area contributed by atoms with Gasteiger partial charge in [-0.25, -0.2) is 0 Å². The van der Waals surface area contributed by atoms with Crippen molar-refractivity contribution < 1.29 is 9.53 Å². The van der Waals surface area contributed by atoms with E-state index in [1.54, 1.807) is 31.8 Å². The van der Waals surface area contributed by atoms with Gasteiger partial charge in [0.2, 0.25) is 0 Å². The lowest BCUT2D eigenvalue weighted by Gasteiger charge is -2.15. The van der Waals surface area contributed by atoms with Crippen LogP contribution in [0.15, 0.2) is 42.9 Å². The Kier molecular flexibility index (Phi) is 5.20. The van der Waals surface area contributed by atoms with Gasteiger partial charge in [-0.3, -0.25) is 9.89 Å². The van der Waals surface area contributed by atoms with Gasteiger partial charge in [0.25, 0.3) is 5.91 Å². The van der Waals surface area contributed by atoms with Crippen LogP contribution in [0, 0.1) is 0 Å². The van der Waals surface area contributed by atoms with E-state index < -0.39 is 0 Å². The van der Waals surface area contributed by atoms with Crippen molar-refractivity contribution in [3.8, 4) is 11.3 Å². The molecule has 2 aromatic heterocycles. The number of carbonyl (C=O) groups is 1. The van der Waals surface area contributed by atoms with Crippen molar-refractivity contribution in [1.82, 2.24) is 30.3 Å². The number of H-pyrrole nitrogens is 1. The van der Waals surface area contributed by atoms with E-state index in [1.165, 1.54) is 0 Å². The highest BCUT2D eigenvalue weighted by Crippen LogP contribution is 2.17. The second kappa shape index (κ2) is 7.71. The molecule has 8 heteroatoms. The molecule has 0 unspecified atom stereocenters. The second-order valence-electron chi connectivity index (χ2n) is 5.62. The van der Waals surface area contributed by atoms with Gasteiger partial charge in [0.05, 0.1) is 18.3 Å². The molecule has 1 atom stereocenters. The molecule has 25 heavy (non-hydrogen) atoms. The Morgan fingerprint density at radius 2 is 2.12 bits per heavy atom. The molecule has 2 heterocycles. The highest BCUT2D eigenvalue weighted by Gasteiger charge is 2.16. The zero-order chi connectivity index (χ0) is 17.6. The second-order valence-corrected chi connectivity index (χ2v) is 5.62. The Morgan fingerprint density at radius 3 is 2.80 bits per heavy atom. The van der Waals surface area contributed by atoms with E-state index in [0.717, 1.165) is 11.3 Å². The molecule has 1 amide bonds. The first-order valence-electron chi connectivity index (χ1n) is 7.96. The molecule has 2 N–H and O–H groups in total. The lowest BCUT2D eigenvalue weighted by molar-refractivity contribution is 0.0937. The van der Waals surface area contributed by atoms with Crippen LogP contribution in [-0.2, 0) is 11.3 Å². The van der Waals surface area contributed by atoms with Crippen LogP contribution in [0.4, 0.5) is 0 Å². The lowest BCUT2D eigenvalue weighted by atomic mass is 10.1. The zero-order valence-corrected chi connectivity index (χ0v) is 14.1. The van der Waals surface area contributed by atoms with Gasteiger partial charge in [-0.1, -0.05) is 12.1 Å². The molecule has 0 saturated carbocycles. The lowest BCUT2D eigenvalue weighted by Crippen LogP contribution is -2.29. The van der Waals surface area contributed by atoms with Gasteiger partial charge in [-0.2, -0.15) is 5.10 Å². The van der Waals surface area contributed by atoms with Crippen LogP contribution in [0.2, 0.25) is 0 Å². The minimum Gasteiger partial charge on any atom is -0.383 e. The van der Waals surface area contributed by atoms with Gasteiger partial charge in [0.1, 0.15) is 6.33 Å². The normalized spacial score (nSPS) is 12.1. The molecule has 3 rings (SSSR count). The average Bonchev–Trinajstić information content (AvgIpc) is 3.31.